The van der Waals surface area contributed by atoms with Gasteiger partial charge in [-0.2, -0.15) is 0 Å². The quantitative estimate of drug-likeness (QED) is 0.881. The number of carboxylic acids is 1. The average molecular weight is 247 g/mol. The minimum Gasteiger partial charge on any atom is -0.477 e. The summed E-state index contributed by atoms with van der Waals surface area (Å²) in [6.45, 7) is 0. The smallest absolute Gasteiger partial charge is 0.341 e. The van der Waals surface area contributed by atoms with E-state index in [9.17, 15) is 14.0 Å². The van der Waals surface area contributed by atoms with Crippen LogP contribution < -0.4 is 5.43 Å². The van der Waals surface area contributed by atoms with Crippen LogP contribution in [0.2, 0.25) is 0 Å². The highest BCUT2D eigenvalue weighted by Crippen LogP contribution is 2.19. The van der Waals surface area contributed by atoms with Gasteiger partial charge in [0.15, 0.2) is 0 Å². The number of rotatable bonds is 2. The maximum atomic E-state index is 13.6. The summed E-state index contributed by atoms with van der Waals surface area (Å²) >= 11 is 0. The lowest BCUT2D eigenvalue weighted by atomic mass is 10.0. The maximum absolute atomic E-state index is 13.6. The number of hydrogen-bond acceptors (Lipinski definition) is 2. The Morgan fingerprint density at radius 3 is 2.50 bits per heavy atom. The summed E-state index contributed by atoms with van der Waals surface area (Å²) < 4.78 is 15.0. The summed E-state index contributed by atoms with van der Waals surface area (Å²) in [6.07, 6.45) is 2.61. The van der Waals surface area contributed by atoms with Gasteiger partial charge >= 0.3 is 5.97 Å². The van der Waals surface area contributed by atoms with Gasteiger partial charge in [0.2, 0.25) is 5.43 Å². The first kappa shape index (κ1) is 12.0. The molecular formula is C13H10FNO3. The first-order chi connectivity index (χ1) is 8.50. The van der Waals surface area contributed by atoms with Crippen LogP contribution in [0, 0.1) is 5.82 Å². The molecule has 0 radical (unpaired) electrons. The van der Waals surface area contributed by atoms with Crippen molar-refractivity contribution in [1.29, 1.82) is 0 Å². The summed E-state index contributed by atoms with van der Waals surface area (Å²) in [5, 5.41) is 8.92. The fourth-order valence-corrected chi connectivity index (χ4v) is 1.73. The number of aromatic nitrogens is 1. The van der Waals surface area contributed by atoms with Gasteiger partial charge in [0.1, 0.15) is 11.4 Å². The molecule has 0 aliphatic heterocycles. The fraction of sp³-hybridized carbons (Fsp3) is 0.0769. The molecule has 4 nitrogen and oxygen atoms in total. The molecule has 1 aromatic heterocycles. The molecule has 0 amide bonds. The van der Waals surface area contributed by atoms with E-state index < -0.39 is 17.2 Å². The molecule has 0 aliphatic carbocycles. The van der Waals surface area contributed by atoms with Crippen molar-refractivity contribution in [2.75, 3.05) is 0 Å². The SMILES string of the molecule is Cn1cc(C(=O)O)c(=O)c(-c2ccccc2F)c1. The van der Waals surface area contributed by atoms with Crippen LogP contribution in [-0.2, 0) is 7.05 Å². The number of aryl methyl sites for hydroxylation is 1. The number of carboxylic acid groups (broad SMARTS) is 1. The Hall–Kier alpha value is -2.43. The molecule has 0 atom stereocenters. The predicted octanol–water partition coefficient (Wildman–Crippen LogP) is 1.89. The van der Waals surface area contributed by atoms with Gasteiger partial charge in [-0.3, -0.25) is 4.79 Å². The minimum absolute atomic E-state index is 0.0375. The summed E-state index contributed by atoms with van der Waals surface area (Å²) in [6, 6.07) is 5.76. The highest BCUT2D eigenvalue weighted by atomic mass is 19.1. The molecule has 0 saturated heterocycles. The van der Waals surface area contributed by atoms with Crippen molar-refractivity contribution in [2.45, 2.75) is 0 Å². The number of aromatic carboxylic acids is 1. The van der Waals surface area contributed by atoms with Crippen molar-refractivity contribution >= 4 is 5.97 Å². The summed E-state index contributed by atoms with van der Waals surface area (Å²) in [7, 11) is 1.58. The lowest BCUT2D eigenvalue weighted by Crippen LogP contribution is -2.19. The third-order valence-corrected chi connectivity index (χ3v) is 2.55. The van der Waals surface area contributed by atoms with Gasteiger partial charge < -0.3 is 9.67 Å². The topological polar surface area (TPSA) is 59.3 Å². The van der Waals surface area contributed by atoms with E-state index in [-0.39, 0.29) is 16.7 Å². The molecule has 18 heavy (non-hydrogen) atoms. The average Bonchev–Trinajstić information content (AvgIpc) is 2.32. The van der Waals surface area contributed by atoms with Crippen molar-refractivity contribution in [3.05, 3.63) is 58.3 Å². The summed E-state index contributed by atoms with van der Waals surface area (Å²) in [5.41, 5.74) is -0.930. The van der Waals surface area contributed by atoms with Gasteiger partial charge in [-0.05, 0) is 6.07 Å². The van der Waals surface area contributed by atoms with Gasteiger partial charge in [0.05, 0.1) is 0 Å². The maximum Gasteiger partial charge on any atom is 0.341 e. The van der Waals surface area contributed by atoms with E-state index in [0.29, 0.717) is 0 Å². The van der Waals surface area contributed by atoms with Crippen molar-refractivity contribution in [1.82, 2.24) is 4.57 Å². The van der Waals surface area contributed by atoms with E-state index in [1.54, 1.807) is 13.1 Å². The molecule has 92 valence electrons. The third-order valence-electron chi connectivity index (χ3n) is 2.55. The Balaban J connectivity index is 2.77. The number of halogens is 1. The van der Waals surface area contributed by atoms with Crippen molar-refractivity contribution < 1.29 is 14.3 Å². The zero-order valence-corrected chi connectivity index (χ0v) is 9.55. The number of nitrogens with zero attached hydrogens (tertiary/aromatic N) is 1. The number of pyridine rings is 1. The molecule has 0 unspecified atom stereocenters. The number of hydrogen-bond donors (Lipinski definition) is 1. The van der Waals surface area contributed by atoms with Crippen LogP contribution >= 0.6 is 0 Å². The first-order valence-electron chi connectivity index (χ1n) is 5.19. The Kier molecular flexibility index (Phi) is 2.97. The van der Waals surface area contributed by atoms with Gasteiger partial charge in [-0.25, -0.2) is 9.18 Å². The van der Waals surface area contributed by atoms with E-state index in [1.807, 2.05) is 0 Å². The van der Waals surface area contributed by atoms with E-state index in [2.05, 4.69) is 0 Å². The normalized spacial score (nSPS) is 10.3. The third kappa shape index (κ3) is 2.02. The standard InChI is InChI=1S/C13H10FNO3/c1-15-6-9(8-4-2-3-5-11(8)14)12(16)10(7-15)13(17)18/h2-7H,1H3,(H,17,18). The van der Waals surface area contributed by atoms with Crippen LogP contribution in [0.25, 0.3) is 11.1 Å². The van der Waals surface area contributed by atoms with Crippen molar-refractivity contribution in [3.8, 4) is 11.1 Å². The van der Waals surface area contributed by atoms with Crippen molar-refractivity contribution in [2.24, 2.45) is 7.05 Å². The second kappa shape index (κ2) is 4.44. The van der Waals surface area contributed by atoms with Crippen LogP contribution in [0.5, 0.6) is 0 Å². The van der Waals surface area contributed by atoms with E-state index in [1.165, 1.54) is 35.2 Å². The molecule has 5 heteroatoms. The van der Waals surface area contributed by atoms with Gasteiger partial charge in [-0.1, -0.05) is 18.2 Å². The van der Waals surface area contributed by atoms with Crippen LogP contribution in [0.1, 0.15) is 10.4 Å². The number of benzene rings is 1. The second-order valence-corrected chi connectivity index (χ2v) is 3.87. The molecule has 0 fully saturated rings. The zero-order valence-electron chi connectivity index (χ0n) is 9.55. The number of carbonyl (C=O) groups is 1. The lowest BCUT2D eigenvalue weighted by Gasteiger charge is -2.07. The van der Waals surface area contributed by atoms with E-state index >= 15 is 0 Å². The first-order valence-corrected chi connectivity index (χ1v) is 5.19. The van der Waals surface area contributed by atoms with Gasteiger partial charge in [0, 0.05) is 30.6 Å². The second-order valence-electron chi connectivity index (χ2n) is 3.87. The Labute approximate surface area is 102 Å². The fourth-order valence-electron chi connectivity index (χ4n) is 1.73. The monoisotopic (exact) mass is 247 g/mol. The van der Waals surface area contributed by atoms with Crippen LogP contribution in [0.4, 0.5) is 4.39 Å². The summed E-state index contributed by atoms with van der Waals surface area (Å²) in [5.74, 6) is -1.88. The Bertz CT molecular complexity index is 676. The predicted molar refractivity (Wildman–Crippen MR) is 64.0 cm³/mol. The molecule has 0 saturated carbocycles. The molecule has 1 heterocycles. The zero-order chi connectivity index (χ0) is 13.3. The molecule has 1 N–H and O–H groups in total. The molecule has 0 aliphatic rings. The van der Waals surface area contributed by atoms with Gasteiger partial charge in [0.25, 0.3) is 0 Å². The van der Waals surface area contributed by atoms with Crippen LogP contribution in [0.15, 0.2) is 41.5 Å². The Morgan fingerprint density at radius 2 is 1.89 bits per heavy atom. The highest BCUT2D eigenvalue weighted by molar-refractivity contribution is 5.88. The van der Waals surface area contributed by atoms with Crippen LogP contribution in [-0.4, -0.2) is 15.6 Å². The Morgan fingerprint density at radius 1 is 1.22 bits per heavy atom. The molecule has 2 rings (SSSR count). The van der Waals surface area contributed by atoms with Crippen LogP contribution in [0.3, 0.4) is 0 Å². The molecule has 2 aromatic rings. The van der Waals surface area contributed by atoms with Crippen molar-refractivity contribution in [3.63, 3.8) is 0 Å². The molecular weight excluding hydrogens is 237 g/mol. The lowest BCUT2D eigenvalue weighted by molar-refractivity contribution is 0.0694. The molecule has 0 spiro atoms. The molecule has 1 aromatic carbocycles. The van der Waals surface area contributed by atoms with E-state index in [4.69, 9.17) is 5.11 Å². The summed E-state index contributed by atoms with van der Waals surface area (Å²) in [4.78, 5) is 22.9. The minimum atomic E-state index is -1.33. The van der Waals surface area contributed by atoms with E-state index in [0.717, 1.165) is 0 Å². The molecule has 0 bridgehead atoms. The largest absolute Gasteiger partial charge is 0.477 e. The van der Waals surface area contributed by atoms with Gasteiger partial charge in [-0.15, -0.1) is 0 Å². The highest BCUT2D eigenvalue weighted by Gasteiger charge is 2.16.